The third kappa shape index (κ3) is 7.46. The zero-order valence-corrected chi connectivity index (χ0v) is 25.0. The van der Waals surface area contributed by atoms with Gasteiger partial charge < -0.3 is 19.1 Å². The molecule has 3 aromatic rings. The first-order chi connectivity index (χ1) is 21.2. The van der Waals surface area contributed by atoms with E-state index < -0.39 is 59.5 Å². The zero-order valence-electron chi connectivity index (χ0n) is 25.0. The number of anilines is 1. The molecule has 45 heavy (non-hydrogen) atoms. The van der Waals surface area contributed by atoms with Crippen molar-refractivity contribution in [2.75, 3.05) is 25.7 Å². The Bertz CT molecular complexity index is 1490. The third-order valence-corrected chi connectivity index (χ3v) is 7.52. The van der Waals surface area contributed by atoms with Crippen LogP contribution < -0.4 is 14.4 Å². The lowest BCUT2D eigenvalue weighted by Crippen LogP contribution is -2.48. The normalized spacial score (nSPS) is 16.5. The lowest BCUT2D eigenvalue weighted by atomic mass is 9.89. The molecule has 0 spiro atoms. The molecule has 0 unspecified atom stereocenters. The monoisotopic (exact) mass is 638 g/mol. The molecule has 3 aromatic carbocycles. The third-order valence-electron chi connectivity index (χ3n) is 7.52. The van der Waals surface area contributed by atoms with Crippen molar-refractivity contribution in [3.05, 3.63) is 88.5 Å². The number of hydrogen-bond donors (Lipinski definition) is 0. The second kappa shape index (κ2) is 13.3. The van der Waals surface area contributed by atoms with Crippen molar-refractivity contribution in [1.29, 1.82) is 0 Å². The van der Waals surface area contributed by atoms with Gasteiger partial charge in [-0.05, 0) is 55.7 Å². The van der Waals surface area contributed by atoms with Gasteiger partial charge in [-0.1, -0.05) is 30.3 Å². The Hall–Kier alpha value is -4.42. The topological polar surface area (TPSA) is 68.3 Å². The number of carbonyl (C=O) groups excluding carboxylic acids is 2. The molecule has 1 aliphatic rings. The van der Waals surface area contributed by atoms with Gasteiger partial charge in [0.15, 0.2) is 11.5 Å². The number of hydrogen-bond acceptors (Lipinski definition) is 5. The summed E-state index contributed by atoms with van der Waals surface area (Å²) in [6.45, 7) is 3.49. The Balaban J connectivity index is 1.85. The Morgan fingerprint density at radius 2 is 1.44 bits per heavy atom. The lowest BCUT2D eigenvalue weighted by molar-refractivity contribution is -0.143. The number of halogens is 6. The van der Waals surface area contributed by atoms with E-state index in [0.717, 1.165) is 0 Å². The van der Waals surface area contributed by atoms with Crippen LogP contribution in [-0.4, -0.2) is 43.8 Å². The first-order valence-electron chi connectivity index (χ1n) is 14.0. The van der Waals surface area contributed by atoms with Crippen LogP contribution in [0.1, 0.15) is 54.1 Å². The van der Waals surface area contributed by atoms with E-state index in [2.05, 4.69) is 0 Å². The van der Waals surface area contributed by atoms with Crippen LogP contribution >= 0.6 is 0 Å². The highest BCUT2D eigenvalue weighted by Crippen LogP contribution is 2.46. The van der Waals surface area contributed by atoms with Crippen LogP contribution in [0.25, 0.3) is 0 Å². The standard InChI is InChI=1S/C32H32F6N2O5/c1-5-45-30(42)40-19(2)11-25(24-16-27(43-3)28(44-4)17-26(24)40)39(18-20-9-7-6-8-10-20)29(41)14-21-12-22(31(33,34)35)15-23(13-21)32(36,37)38/h6-10,12-13,15-17,19,25H,5,11,14,18H2,1-4H3/t19-,25+/m0/s1. The molecule has 1 aliphatic heterocycles. The van der Waals surface area contributed by atoms with Crippen molar-refractivity contribution in [2.45, 2.75) is 57.7 Å². The first-order valence-corrected chi connectivity index (χ1v) is 14.0. The minimum absolute atomic E-state index is 0.0185. The fraction of sp³-hybridized carbons (Fsp3) is 0.375. The van der Waals surface area contributed by atoms with E-state index in [1.54, 1.807) is 56.3 Å². The molecule has 0 aliphatic carbocycles. The fourth-order valence-electron chi connectivity index (χ4n) is 5.47. The van der Waals surface area contributed by atoms with E-state index in [1.165, 1.54) is 24.0 Å². The van der Waals surface area contributed by atoms with Gasteiger partial charge in [0.2, 0.25) is 5.91 Å². The molecule has 0 radical (unpaired) electrons. The number of nitrogens with zero attached hydrogens (tertiary/aromatic N) is 2. The lowest BCUT2D eigenvalue weighted by Gasteiger charge is -2.43. The Labute approximate surface area is 256 Å². The van der Waals surface area contributed by atoms with E-state index in [4.69, 9.17) is 14.2 Å². The molecular formula is C32H32F6N2O5. The largest absolute Gasteiger partial charge is 0.493 e. The molecular weight excluding hydrogens is 606 g/mol. The van der Waals surface area contributed by atoms with E-state index in [-0.39, 0.29) is 25.6 Å². The van der Waals surface area contributed by atoms with Crippen molar-refractivity contribution in [3.63, 3.8) is 0 Å². The summed E-state index contributed by atoms with van der Waals surface area (Å²) in [5, 5.41) is 0. The van der Waals surface area contributed by atoms with Crippen molar-refractivity contribution in [2.24, 2.45) is 0 Å². The highest BCUT2D eigenvalue weighted by molar-refractivity contribution is 5.91. The number of fused-ring (bicyclic) bond motifs is 1. The quantitative estimate of drug-likeness (QED) is 0.236. The molecule has 242 valence electrons. The van der Waals surface area contributed by atoms with Crippen LogP contribution in [0, 0.1) is 0 Å². The highest BCUT2D eigenvalue weighted by Gasteiger charge is 2.41. The summed E-state index contributed by atoms with van der Waals surface area (Å²) < 4.78 is 97.7. The van der Waals surface area contributed by atoms with Crippen LogP contribution in [-0.2, 0) is 34.8 Å². The average Bonchev–Trinajstić information content (AvgIpc) is 2.98. The maximum atomic E-state index is 14.1. The van der Waals surface area contributed by atoms with Crippen molar-refractivity contribution < 1.29 is 50.1 Å². The summed E-state index contributed by atoms with van der Waals surface area (Å²) in [6, 6.07) is 11.8. The smallest absolute Gasteiger partial charge is 0.416 e. The molecule has 2 amide bonds. The maximum absolute atomic E-state index is 14.1. The molecule has 7 nitrogen and oxygen atoms in total. The van der Waals surface area contributed by atoms with Crippen LogP contribution in [0.4, 0.5) is 36.8 Å². The van der Waals surface area contributed by atoms with E-state index in [1.807, 2.05) is 0 Å². The van der Waals surface area contributed by atoms with E-state index in [9.17, 15) is 35.9 Å². The molecule has 0 bridgehead atoms. The Kier molecular flexibility index (Phi) is 9.89. The van der Waals surface area contributed by atoms with Gasteiger partial charge in [0.1, 0.15) is 0 Å². The van der Waals surface area contributed by atoms with E-state index >= 15 is 0 Å². The average molecular weight is 639 g/mol. The number of carbonyl (C=O) groups is 2. The summed E-state index contributed by atoms with van der Waals surface area (Å²) in [5.74, 6) is -0.128. The van der Waals surface area contributed by atoms with Gasteiger partial charge in [-0.3, -0.25) is 9.69 Å². The SMILES string of the molecule is CCOC(=O)N1c2cc(OC)c(OC)cc2[C@H](N(Cc2ccccc2)C(=O)Cc2cc(C(F)(F)F)cc(C(F)(F)F)c2)C[C@@H]1C. The zero-order chi connectivity index (χ0) is 33.1. The first kappa shape index (κ1) is 33.5. The molecule has 0 fully saturated rings. The number of amides is 2. The predicted octanol–water partition coefficient (Wildman–Crippen LogP) is 7.81. The molecule has 4 rings (SSSR count). The van der Waals surface area contributed by atoms with Gasteiger partial charge in [0.25, 0.3) is 0 Å². The molecule has 0 saturated heterocycles. The summed E-state index contributed by atoms with van der Waals surface area (Å²) in [7, 11) is 2.82. The second-order valence-electron chi connectivity index (χ2n) is 10.5. The summed E-state index contributed by atoms with van der Waals surface area (Å²) in [5.41, 5.74) is -1.96. The molecule has 0 N–H and O–H groups in total. The molecule has 0 saturated carbocycles. The van der Waals surface area contributed by atoms with Gasteiger partial charge in [0.05, 0.1) is 50.1 Å². The van der Waals surface area contributed by atoms with Crippen LogP contribution in [0.3, 0.4) is 0 Å². The van der Waals surface area contributed by atoms with Crippen LogP contribution in [0.15, 0.2) is 60.7 Å². The molecule has 13 heteroatoms. The number of methoxy groups -OCH3 is 2. The highest BCUT2D eigenvalue weighted by atomic mass is 19.4. The van der Waals surface area contributed by atoms with Gasteiger partial charge >= 0.3 is 18.4 Å². The maximum Gasteiger partial charge on any atom is 0.416 e. The van der Waals surface area contributed by atoms with Gasteiger partial charge in [0, 0.05) is 24.2 Å². The predicted molar refractivity (Wildman–Crippen MR) is 153 cm³/mol. The Morgan fingerprint density at radius 3 is 1.98 bits per heavy atom. The summed E-state index contributed by atoms with van der Waals surface area (Å²) >= 11 is 0. The van der Waals surface area contributed by atoms with Crippen LogP contribution in [0.5, 0.6) is 11.5 Å². The number of rotatable bonds is 8. The Morgan fingerprint density at radius 1 is 0.867 bits per heavy atom. The number of benzene rings is 3. The van der Waals surface area contributed by atoms with Crippen LogP contribution in [0.2, 0.25) is 0 Å². The summed E-state index contributed by atoms with van der Waals surface area (Å²) in [6.07, 6.45) is -11.3. The van der Waals surface area contributed by atoms with Crippen molar-refractivity contribution in [3.8, 4) is 11.5 Å². The number of alkyl halides is 6. The minimum Gasteiger partial charge on any atom is -0.493 e. The van der Waals surface area contributed by atoms with Crippen molar-refractivity contribution in [1.82, 2.24) is 4.90 Å². The summed E-state index contributed by atoms with van der Waals surface area (Å²) in [4.78, 5) is 29.9. The second-order valence-corrected chi connectivity index (χ2v) is 10.5. The van der Waals surface area contributed by atoms with Gasteiger partial charge in [-0.15, -0.1) is 0 Å². The van der Waals surface area contributed by atoms with E-state index in [0.29, 0.717) is 40.4 Å². The van der Waals surface area contributed by atoms with Gasteiger partial charge in [-0.25, -0.2) is 4.79 Å². The minimum atomic E-state index is -5.06. The fourth-order valence-corrected chi connectivity index (χ4v) is 5.47. The van der Waals surface area contributed by atoms with Gasteiger partial charge in [-0.2, -0.15) is 26.3 Å². The molecule has 2 atom stereocenters. The molecule has 0 aromatic heterocycles. The number of ether oxygens (including phenoxy) is 3. The molecule has 1 heterocycles. The van der Waals surface area contributed by atoms with Crippen molar-refractivity contribution >= 4 is 17.7 Å².